The number of aryl methyl sites for hydroxylation is 1. The summed E-state index contributed by atoms with van der Waals surface area (Å²) in [5.74, 6) is -1.02. The maximum atomic E-state index is 13.0. The number of carbonyl (C=O) groups is 3. The summed E-state index contributed by atoms with van der Waals surface area (Å²) in [5.41, 5.74) is 3.06. The number of rotatable bonds is 3. The Labute approximate surface area is 170 Å². The Hall–Kier alpha value is -3.22. The van der Waals surface area contributed by atoms with Gasteiger partial charge in [-0.2, -0.15) is 0 Å². The van der Waals surface area contributed by atoms with Crippen LogP contribution in [0.4, 0.5) is 11.4 Å². The molecule has 7 nitrogen and oxygen atoms in total. The summed E-state index contributed by atoms with van der Waals surface area (Å²) in [4.78, 5) is 42.5. The number of anilines is 2. The van der Waals surface area contributed by atoms with Crippen LogP contribution < -0.4 is 10.6 Å². The maximum Gasteiger partial charge on any atom is 0.313 e. The highest BCUT2D eigenvalue weighted by molar-refractivity contribution is 6.39. The van der Waals surface area contributed by atoms with Crippen molar-refractivity contribution >= 4 is 29.1 Å². The monoisotopic (exact) mass is 394 g/mol. The SMILES string of the molecule is CC(=O)Nc1ccc([C@@H]2CC[C@@H](C)CN2C(=O)C(=O)Nc2cncc(C)c2)cc1. The van der Waals surface area contributed by atoms with E-state index in [1.807, 2.05) is 31.2 Å². The van der Waals surface area contributed by atoms with Crippen molar-refractivity contribution in [1.82, 2.24) is 9.88 Å². The molecule has 1 fully saturated rings. The number of hydrogen-bond acceptors (Lipinski definition) is 4. The number of nitrogens with zero attached hydrogens (tertiary/aromatic N) is 2. The third-order valence-corrected chi connectivity index (χ3v) is 5.02. The topological polar surface area (TPSA) is 91.4 Å². The van der Waals surface area contributed by atoms with Crippen molar-refractivity contribution < 1.29 is 14.4 Å². The molecule has 2 atom stereocenters. The number of pyridine rings is 1. The molecule has 0 radical (unpaired) electrons. The third kappa shape index (κ3) is 5.19. The molecule has 0 saturated carbocycles. The molecule has 3 amide bonds. The summed E-state index contributed by atoms with van der Waals surface area (Å²) in [6.45, 7) is 5.94. The lowest BCUT2D eigenvalue weighted by Gasteiger charge is -2.38. The molecular weight excluding hydrogens is 368 g/mol. The van der Waals surface area contributed by atoms with Crippen molar-refractivity contribution in [3.63, 3.8) is 0 Å². The Bertz CT molecular complexity index is 911. The second-order valence-corrected chi connectivity index (χ2v) is 7.66. The van der Waals surface area contributed by atoms with Crippen LogP contribution in [0.5, 0.6) is 0 Å². The van der Waals surface area contributed by atoms with Gasteiger partial charge in [-0.25, -0.2) is 0 Å². The second kappa shape index (κ2) is 8.86. The molecule has 1 saturated heterocycles. The number of likely N-dealkylation sites (tertiary alicyclic amines) is 1. The van der Waals surface area contributed by atoms with Crippen LogP contribution in [0.3, 0.4) is 0 Å². The third-order valence-electron chi connectivity index (χ3n) is 5.02. The predicted molar refractivity (Wildman–Crippen MR) is 111 cm³/mol. The normalized spacial score (nSPS) is 18.8. The zero-order valence-electron chi connectivity index (χ0n) is 16.9. The lowest BCUT2D eigenvalue weighted by molar-refractivity contribution is -0.146. The summed E-state index contributed by atoms with van der Waals surface area (Å²) in [5, 5.41) is 5.39. The fourth-order valence-electron chi connectivity index (χ4n) is 3.65. The van der Waals surface area contributed by atoms with Gasteiger partial charge < -0.3 is 15.5 Å². The molecule has 1 aromatic heterocycles. The van der Waals surface area contributed by atoms with Crippen molar-refractivity contribution in [2.75, 3.05) is 17.2 Å². The smallest absolute Gasteiger partial charge is 0.313 e. The number of aromatic nitrogens is 1. The number of benzene rings is 1. The summed E-state index contributed by atoms with van der Waals surface area (Å²) in [7, 11) is 0. The van der Waals surface area contributed by atoms with E-state index in [0.29, 0.717) is 23.8 Å². The molecule has 0 bridgehead atoms. The minimum Gasteiger partial charge on any atom is -0.327 e. The van der Waals surface area contributed by atoms with Crippen LogP contribution >= 0.6 is 0 Å². The van der Waals surface area contributed by atoms with Gasteiger partial charge in [0.1, 0.15) is 0 Å². The van der Waals surface area contributed by atoms with Gasteiger partial charge in [-0.3, -0.25) is 19.4 Å². The Morgan fingerprint density at radius 3 is 2.41 bits per heavy atom. The molecule has 29 heavy (non-hydrogen) atoms. The molecule has 7 heteroatoms. The number of amides is 3. The van der Waals surface area contributed by atoms with E-state index in [2.05, 4.69) is 22.5 Å². The van der Waals surface area contributed by atoms with Gasteiger partial charge >= 0.3 is 11.8 Å². The molecule has 152 valence electrons. The molecular formula is C22H26N4O3. The molecule has 2 aromatic rings. The summed E-state index contributed by atoms with van der Waals surface area (Å²) < 4.78 is 0. The lowest BCUT2D eigenvalue weighted by Crippen LogP contribution is -2.46. The van der Waals surface area contributed by atoms with E-state index < -0.39 is 11.8 Å². The van der Waals surface area contributed by atoms with Crippen LogP contribution in [0, 0.1) is 12.8 Å². The van der Waals surface area contributed by atoms with Gasteiger partial charge in [-0.05, 0) is 55.0 Å². The highest BCUT2D eigenvalue weighted by atomic mass is 16.2. The van der Waals surface area contributed by atoms with E-state index in [1.165, 1.54) is 13.1 Å². The van der Waals surface area contributed by atoms with Crippen molar-refractivity contribution in [1.29, 1.82) is 0 Å². The fraction of sp³-hybridized carbons (Fsp3) is 0.364. The maximum absolute atomic E-state index is 13.0. The van der Waals surface area contributed by atoms with E-state index in [-0.39, 0.29) is 11.9 Å². The zero-order valence-corrected chi connectivity index (χ0v) is 16.9. The average molecular weight is 394 g/mol. The number of hydrogen-bond donors (Lipinski definition) is 2. The number of carbonyl (C=O) groups excluding carboxylic acids is 3. The minimum atomic E-state index is -0.661. The molecule has 0 unspecified atom stereocenters. The quantitative estimate of drug-likeness (QED) is 0.782. The molecule has 1 aromatic carbocycles. The Morgan fingerprint density at radius 2 is 1.76 bits per heavy atom. The summed E-state index contributed by atoms with van der Waals surface area (Å²) in [6, 6.07) is 9.02. The van der Waals surface area contributed by atoms with Crippen LogP contribution in [0.2, 0.25) is 0 Å². The van der Waals surface area contributed by atoms with Gasteiger partial charge in [0.05, 0.1) is 17.9 Å². The summed E-state index contributed by atoms with van der Waals surface area (Å²) in [6.07, 6.45) is 4.97. The summed E-state index contributed by atoms with van der Waals surface area (Å²) >= 11 is 0. The van der Waals surface area contributed by atoms with Crippen LogP contribution in [0.1, 0.15) is 43.9 Å². The molecule has 3 rings (SSSR count). The number of nitrogens with one attached hydrogen (secondary N) is 2. The fourth-order valence-corrected chi connectivity index (χ4v) is 3.65. The lowest BCUT2D eigenvalue weighted by atomic mass is 9.89. The van der Waals surface area contributed by atoms with Gasteiger partial charge in [0.25, 0.3) is 0 Å². The first-order valence-electron chi connectivity index (χ1n) is 9.74. The minimum absolute atomic E-state index is 0.136. The van der Waals surface area contributed by atoms with Crippen LogP contribution in [-0.2, 0) is 14.4 Å². The Balaban J connectivity index is 1.77. The molecule has 0 spiro atoms. The standard InChI is InChI=1S/C22H26N4O3/c1-14-4-9-20(17-5-7-18(8-6-17)24-16(3)27)26(13-14)22(29)21(28)25-19-10-15(2)11-23-12-19/h5-8,10-12,14,20H,4,9,13H2,1-3H3,(H,24,27)(H,25,28)/t14-,20+/m1/s1. The Kier molecular flexibility index (Phi) is 6.26. The van der Waals surface area contributed by atoms with E-state index in [1.54, 1.807) is 17.2 Å². The van der Waals surface area contributed by atoms with Gasteiger partial charge in [0.15, 0.2) is 0 Å². The van der Waals surface area contributed by atoms with Crippen molar-refractivity contribution in [3.8, 4) is 0 Å². The second-order valence-electron chi connectivity index (χ2n) is 7.66. The van der Waals surface area contributed by atoms with Crippen LogP contribution in [0.25, 0.3) is 0 Å². The van der Waals surface area contributed by atoms with Gasteiger partial charge in [0, 0.05) is 25.4 Å². The highest BCUT2D eigenvalue weighted by Gasteiger charge is 2.34. The molecule has 1 aliphatic rings. The van der Waals surface area contributed by atoms with Gasteiger partial charge in [-0.15, -0.1) is 0 Å². The highest BCUT2D eigenvalue weighted by Crippen LogP contribution is 2.34. The largest absolute Gasteiger partial charge is 0.327 e. The van der Waals surface area contributed by atoms with Crippen LogP contribution in [-0.4, -0.2) is 34.2 Å². The first kappa shape index (κ1) is 20.5. The average Bonchev–Trinajstić information content (AvgIpc) is 2.67. The van der Waals surface area contributed by atoms with Gasteiger partial charge in [-0.1, -0.05) is 19.1 Å². The van der Waals surface area contributed by atoms with E-state index >= 15 is 0 Å². The van der Waals surface area contributed by atoms with Crippen molar-refractivity contribution in [2.45, 2.75) is 39.7 Å². The molecule has 0 aliphatic carbocycles. The first-order chi connectivity index (χ1) is 13.8. The first-order valence-corrected chi connectivity index (χ1v) is 9.74. The van der Waals surface area contributed by atoms with E-state index in [4.69, 9.17) is 0 Å². The van der Waals surface area contributed by atoms with Gasteiger partial charge in [0.2, 0.25) is 5.91 Å². The van der Waals surface area contributed by atoms with Crippen molar-refractivity contribution in [3.05, 3.63) is 53.9 Å². The number of piperidine rings is 1. The molecule has 2 heterocycles. The predicted octanol–water partition coefficient (Wildman–Crippen LogP) is 3.29. The van der Waals surface area contributed by atoms with Crippen LogP contribution in [0.15, 0.2) is 42.7 Å². The molecule has 2 N–H and O–H groups in total. The van der Waals surface area contributed by atoms with E-state index in [9.17, 15) is 14.4 Å². The molecule has 1 aliphatic heterocycles. The van der Waals surface area contributed by atoms with E-state index in [0.717, 1.165) is 24.0 Å². The Morgan fingerprint density at radius 1 is 1.03 bits per heavy atom. The zero-order chi connectivity index (χ0) is 21.0. The van der Waals surface area contributed by atoms with Crippen molar-refractivity contribution in [2.24, 2.45) is 5.92 Å².